The lowest BCUT2D eigenvalue weighted by Crippen LogP contribution is -2.27. The van der Waals surface area contributed by atoms with Crippen molar-refractivity contribution in [2.24, 2.45) is 0 Å². The lowest BCUT2D eigenvalue weighted by molar-refractivity contribution is -0.139. The average molecular weight is 980 g/mol. The summed E-state index contributed by atoms with van der Waals surface area (Å²) in [5, 5.41) is 36.4. The molecule has 0 saturated carbocycles. The molecule has 0 aliphatic rings. The van der Waals surface area contributed by atoms with E-state index in [0.717, 1.165) is 92.3 Å². The molecule has 9 aromatic rings. The number of fused-ring (bicyclic) bond motifs is 3. The number of hydrogen-bond donors (Lipinski definition) is 3. The number of carboxylic acid groups (broad SMARTS) is 3. The minimum Gasteiger partial charge on any atom is -0.480 e. The Bertz CT molecular complexity index is 3590. The smallest absolute Gasteiger partial charge is 0.319 e. The van der Waals surface area contributed by atoms with Crippen LogP contribution in [0.25, 0.3) is 88.3 Å². The van der Waals surface area contributed by atoms with Gasteiger partial charge in [-0.05, 0) is 134 Å². The maximum absolute atomic E-state index is 12.6. The van der Waals surface area contributed by atoms with Gasteiger partial charge in [0.05, 0.1) is 17.1 Å². The fraction of sp³-hybridized carbons (Fsp3) is 0.172. The SMILES string of the molecule is Cc1ccc(-c2ncc(-c3ccc4cc(-c5ncc(-c6ccc(-c7ncccc7SC(C)(C)C(=O)O)c7ccccc67)cc5SC(C)(C)C(=O)O)ccc4c3)cc2SC(C)(C)C(=O)O)c2ccccc12. The van der Waals surface area contributed by atoms with Gasteiger partial charge in [-0.2, -0.15) is 0 Å². The molecular weight excluding hydrogens is 931 g/mol. The topological polar surface area (TPSA) is 151 Å². The summed E-state index contributed by atoms with van der Waals surface area (Å²) in [6.07, 6.45) is 5.39. The second kappa shape index (κ2) is 18.7. The molecule has 0 unspecified atom stereocenters. The molecule has 0 aliphatic heterocycles. The number of benzene rings is 6. The molecule has 0 spiro atoms. The second-order valence-electron chi connectivity index (χ2n) is 18.7. The first-order valence-corrected chi connectivity index (χ1v) is 25.0. The molecule has 9 rings (SSSR count). The number of nitrogens with zero attached hydrogens (tertiary/aromatic N) is 3. The number of hydrogen-bond acceptors (Lipinski definition) is 9. The maximum atomic E-state index is 12.6. The summed E-state index contributed by atoms with van der Waals surface area (Å²) in [4.78, 5) is 54.2. The van der Waals surface area contributed by atoms with Crippen LogP contribution in [-0.2, 0) is 14.4 Å². The van der Waals surface area contributed by atoms with Crippen molar-refractivity contribution in [2.75, 3.05) is 0 Å². The fourth-order valence-corrected chi connectivity index (χ4v) is 11.6. The minimum absolute atomic E-state index is 0.650. The predicted molar refractivity (Wildman–Crippen MR) is 287 cm³/mol. The highest BCUT2D eigenvalue weighted by Gasteiger charge is 2.33. The normalized spacial score (nSPS) is 12.2. The molecule has 0 atom stereocenters. The molecular formula is C58H49N3O6S3. The van der Waals surface area contributed by atoms with Gasteiger partial charge in [0, 0.05) is 61.1 Å². The second-order valence-corrected chi connectivity index (χ2v) is 23.7. The molecule has 0 bridgehead atoms. The standard InChI is InChI=1S/C58H49N3O6S3/c1-33-18-23-45(42-14-9-8-13-40(33)42)52-49(70-58(6,7)55(66)67)29-38(31-61-52)36-20-19-35-28-37(22-21-34(35)27-36)50-48(69-57(4,5)54(64)65)30-39(32-60-50)41-24-25-46(44-16-11-10-15-43(41)44)51-47(17-12-26-59-51)68-56(2,3)53(62)63/h8-32H,1-7H3,(H,62,63)(H,64,65)(H,66,67). The molecule has 12 heteroatoms. The molecule has 350 valence electrons. The monoisotopic (exact) mass is 979 g/mol. The minimum atomic E-state index is -1.18. The Labute approximate surface area is 418 Å². The van der Waals surface area contributed by atoms with E-state index in [1.54, 1.807) is 47.7 Å². The Hall–Kier alpha value is -6.99. The van der Waals surface area contributed by atoms with Gasteiger partial charge in [-0.15, -0.1) is 35.3 Å². The number of pyridine rings is 3. The summed E-state index contributed by atoms with van der Waals surface area (Å²) in [5.74, 6) is -2.79. The highest BCUT2D eigenvalue weighted by Crippen LogP contribution is 2.46. The third-order valence-electron chi connectivity index (χ3n) is 12.5. The fourth-order valence-electron chi connectivity index (χ4n) is 8.39. The first-order valence-electron chi connectivity index (χ1n) is 22.6. The molecule has 0 aliphatic carbocycles. The lowest BCUT2D eigenvalue weighted by atomic mass is 9.94. The third kappa shape index (κ3) is 9.38. The van der Waals surface area contributed by atoms with E-state index >= 15 is 0 Å². The zero-order valence-electron chi connectivity index (χ0n) is 39.6. The van der Waals surface area contributed by atoms with E-state index in [1.807, 2.05) is 109 Å². The number of rotatable bonds is 14. The van der Waals surface area contributed by atoms with E-state index in [1.165, 1.54) is 35.3 Å². The van der Waals surface area contributed by atoms with E-state index in [0.29, 0.717) is 16.3 Å². The van der Waals surface area contributed by atoms with Gasteiger partial charge < -0.3 is 15.3 Å². The molecule has 0 radical (unpaired) electrons. The summed E-state index contributed by atoms with van der Waals surface area (Å²) in [7, 11) is 0. The number of thioether (sulfide) groups is 3. The zero-order valence-corrected chi connectivity index (χ0v) is 42.0. The third-order valence-corrected chi connectivity index (χ3v) is 16.1. The van der Waals surface area contributed by atoms with Gasteiger partial charge in [0.2, 0.25) is 0 Å². The number of carboxylic acids is 3. The van der Waals surface area contributed by atoms with Gasteiger partial charge in [-0.1, -0.05) is 97.1 Å². The van der Waals surface area contributed by atoms with Crippen molar-refractivity contribution in [1.82, 2.24) is 15.0 Å². The molecule has 9 nitrogen and oxygen atoms in total. The van der Waals surface area contributed by atoms with Crippen LogP contribution in [0.4, 0.5) is 0 Å². The zero-order chi connectivity index (χ0) is 49.7. The van der Waals surface area contributed by atoms with Crippen molar-refractivity contribution in [1.29, 1.82) is 0 Å². The van der Waals surface area contributed by atoms with Crippen molar-refractivity contribution >= 4 is 85.5 Å². The van der Waals surface area contributed by atoms with Gasteiger partial charge in [0.25, 0.3) is 0 Å². The first kappa shape index (κ1) is 48.1. The molecule has 0 fully saturated rings. The highest BCUT2D eigenvalue weighted by molar-refractivity contribution is 8.02. The summed E-state index contributed by atoms with van der Waals surface area (Å²) < 4.78 is -3.38. The molecule has 3 aromatic heterocycles. The van der Waals surface area contributed by atoms with Crippen molar-refractivity contribution in [3.05, 3.63) is 158 Å². The van der Waals surface area contributed by atoms with E-state index in [9.17, 15) is 29.7 Å². The van der Waals surface area contributed by atoms with Crippen LogP contribution in [0, 0.1) is 6.92 Å². The summed E-state index contributed by atoms with van der Waals surface area (Å²) in [6.45, 7) is 12.2. The molecule has 0 amide bonds. The largest absolute Gasteiger partial charge is 0.480 e. The molecule has 3 heterocycles. The van der Waals surface area contributed by atoms with Gasteiger partial charge in [-0.25, -0.2) is 0 Å². The average Bonchev–Trinajstić information content (AvgIpc) is 3.33. The van der Waals surface area contributed by atoms with Crippen molar-refractivity contribution in [3.63, 3.8) is 0 Å². The van der Waals surface area contributed by atoms with E-state index in [4.69, 9.17) is 15.0 Å². The molecule has 6 aromatic carbocycles. The first-order chi connectivity index (χ1) is 33.3. The molecule has 70 heavy (non-hydrogen) atoms. The number of aliphatic carboxylic acids is 3. The Balaban J connectivity index is 1.10. The van der Waals surface area contributed by atoms with E-state index < -0.39 is 32.1 Å². The van der Waals surface area contributed by atoms with Crippen molar-refractivity contribution in [2.45, 2.75) is 77.4 Å². The summed E-state index contributed by atoms with van der Waals surface area (Å²) in [5.41, 5.74) is 9.32. The van der Waals surface area contributed by atoms with Crippen LogP contribution < -0.4 is 0 Å². The summed E-state index contributed by atoms with van der Waals surface area (Å²) in [6, 6.07) is 44.4. The predicted octanol–water partition coefficient (Wildman–Crippen LogP) is 14.8. The van der Waals surface area contributed by atoms with Crippen molar-refractivity contribution < 1.29 is 29.7 Å². The van der Waals surface area contributed by atoms with E-state index in [2.05, 4.69) is 43.3 Å². The van der Waals surface area contributed by atoms with Crippen LogP contribution in [0.1, 0.15) is 47.1 Å². The highest BCUT2D eigenvalue weighted by atomic mass is 32.2. The Morgan fingerprint density at radius 1 is 0.414 bits per heavy atom. The van der Waals surface area contributed by atoms with Crippen LogP contribution in [0.3, 0.4) is 0 Å². The number of carbonyl (C=O) groups is 3. The quantitative estimate of drug-likeness (QED) is 0.0890. The van der Waals surface area contributed by atoms with Gasteiger partial charge >= 0.3 is 17.9 Å². The maximum Gasteiger partial charge on any atom is 0.319 e. The van der Waals surface area contributed by atoms with Crippen LogP contribution in [-0.4, -0.2) is 62.4 Å². The Morgan fingerprint density at radius 3 is 1.47 bits per heavy atom. The number of aromatic nitrogens is 3. The van der Waals surface area contributed by atoms with Gasteiger partial charge in [0.15, 0.2) is 0 Å². The van der Waals surface area contributed by atoms with Gasteiger partial charge in [0.1, 0.15) is 14.2 Å². The molecule has 3 N–H and O–H groups in total. The molecule has 0 saturated heterocycles. The van der Waals surface area contributed by atoms with Crippen LogP contribution in [0.2, 0.25) is 0 Å². The summed E-state index contributed by atoms with van der Waals surface area (Å²) >= 11 is 3.78. The van der Waals surface area contributed by atoms with Gasteiger partial charge in [-0.3, -0.25) is 29.3 Å². The number of aryl methyl sites for hydroxylation is 1. The Morgan fingerprint density at radius 2 is 0.857 bits per heavy atom. The van der Waals surface area contributed by atoms with Crippen LogP contribution >= 0.6 is 35.3 Å². The van der Waals surface area contributed by atoms with E-state index in [-0.39, 0.29) is 0 Å². The lowest BCUT2D eigenvalue weighted by Gasteiger charge is -2.22. The Kier molecular flexibility index (Phi) is 12.9. The van der Waals surface area contributed by atoms with Crippen LogP contribution in [0.15, 0.2) is 167 Å². The van der Waals surface area contributed by atoms with Crippen molar-refractivity contribution in [3.8, 4) is 56.0 Å². The van der Waals surface area contributed by atoms with Crippen LogP contribution in [0.5, 0.6) is 0 Å².